The second kappa shape index (κ2) is 8.16. The van der Waals surface area contributed by atoms with Gasteiger partial charge >= 0.3 is 11.9 Å². The Kier molecular flexibility index (Phi) is 5.72. The van der Waals surface area contributed by atoms with Crippen molar-refractivity contribution >= 4 is 22.9 Å². The van der Waals surface area contributed by atoms with Crippen LogP contribution in [0.4, 0.5) is 0 Å². The molecule has 0 aliphatic carbocycles. The van der Waals surface area contributed by atoms with E-state index in [1.807, 2.05) is 0 Å². The number of fused-ring (bicyclic) bond motifs is 2. The molecule has 1 saturated heterocycles. The van der Waals surface area contributed by atoms with Crippen LogP contribution in [0.2, 0.25) is 0 Å². The zero-order valence-electron chi connectivity index (χ0n) is 20.0. The van der Waals surface area contributed by atoms with Gasteiger partial charge in [-0.1, -0.05) is 6.08 Å². The standard InChI is InChI=1S/C25H28O9/c1-7-12(2)22(28)30-11-14-8-16(26)20-18(31-14)10-17-15(21(20)27)9-19(24(4,5)34-17)32-23(29)25(6)13(3)33-25/h7-8,10,13,19,27H,9,11H2,1-6H3/t13-,19-,25-/m0/s1. The molecule has 2 aliphatic heterocycles. The number of hydrogen-bond acceptors (Lipinski definition) is 9. The molecule has 0 bridgehead atoms. The molecule has 2 aliphatic rings. The third-order valence-corrected chi connectivity index (χ3v) is 6.54. The van der Waals surface area contributed by atoms with E-state index in [-0.39, 0.29) is 41.6 Å². The van der Waals surface area contributed by atoms with E-state index in [9.17, 15) is 19.5 Å². The van der Waals surface area contributed by atoms with Crippen molar-refractivity contribution in [3.05, 3.63) is 45.3 Å². The molecule has 182 valence electrons. The van der Waals surface area contributed by atoms with Crippen LogP contribution in [0.25, 0.3) is 11.0 Å². The lowest BCUT2D eigenvalue weighted by molar-refractivity contribution is -0.166. The van der Waals surface area contributed by atoms with Crippen LogP contribution in [0.5, 0.6) is 11.5 Å². The van der Waals surface area contributed by atoms with Crippen molar-refractivity contribution in [1.82, 2.24) is 0 Å². The van der Waals surface area contributed by atoms with Crippen LogP contribution in [0.3, 0.4) is 0 Å². The van der Waals surface area contributed by atoms with Gasteiger partial charge < -0.3 is 28.5 Å². The molecule has 1 fully saturated rings. The molecule has 1 aromatic carbocycles. The SMILES string of the molecule is CC=C(C)C(=O)OCc1cc(=O)c2c(O)c3c(cc2o1)OC(C)(C)[C@@H](OC(=O)[C@@]1(C)O[C@H]1C)C3. The highest BCUT2D eigenvalue weighted by atomic mass is 16.7. The van der Waals surface area contributed by atoms with Crippen molar-refractivity contribution in [1.29, 1.82) is 0 Å². The maximum absolute atomic E-state index is 12.8. The maximum atomic E-state index is 12.8. The number of carbonyl (C=O) groups is 2. The Morgan fingerprint density at radius 1 is 1.26 bits per heavy atom. The largest absolute Gasteiger partial charge is 0.507 e. The van der Waals surface area contributed by atoms with E-state index in [0.717, 1.165) is 0 Å². The number of phenolic OH excluding ortho intramolecular Hbond substituents is 1. The topological polar surface area (TPSA) is 125 Å². The number of ether oxygens (including phenoxy) is 4. The maximum Gasteiger partial charge on any atom is 0.341 e. The summed E-state index contributed by atoms with van der Waals surface area (Å²) >= 11 is 0. The van der Waals surface area contributed by atoms with Crippen molar-refractivity contribution in [2.24, 2.45) is 0 Å². The van der Waals surface area contributed by atoms with Crippen molar-refractivity contribution in [3.8, 4) is 11.5 Å². The molecule has 9 heteroatoms. The second-order valence-electron chi connectivity index (χ2n) is 9.37. The lowest BCUT2D eigenvalue weighted by atomic mass is 9.89. The Labute approximate surface area is 196 Å². The number of phenols is 1. The van der Waals surface area contributed by atoms with Gasteiger partial charge in [0.15, 0.2) is 11.0 Å². The molecule has 0 unspecified atom stereocenters. The van der Waals surface area contributed by atoms with Crippen molar-refractivity contribution in [3.63, 3.8) is 0 Å². The molecule has 4 rings (SSSR count). The van der Waals surface area contributed by atoms with Gasteiger partial charge in [0.25, 0.3) is 0 Å². The summed E-state index contributed by atoms with van der Waals surface area (Å²) in [6.07, 6.45) is 0.801. The van der Waals surface area contributed by atoms with Crippen LogP contribution in [0.1, 0.15) is 52.9 Å². The van der Waals surface area contributed by atoms with Crippen LogP contribution in [0.15, 0.2) is 33.0 Å². The minimum absolute atomic E-state index is 0.0297. The fraction of sp³-hybridized carbons (Fsp3) is 0.480. The predicted molar refractivity (Wildman–Crippen MR) is 121 cm³/mol. The molecule has 2 aromatic rings. The highest BCUT2D eigenvalue weighted by Gasteiger charge is 2.58. The summed E-state index contributed by atoms with van der Waals surface area (Å²) < 4.78 is 28.0. The average molecular weight is 472 g/mol. The Balaban J connectivity index is 1.65. The molecule has 0 saturated carbocycles. The summed E-state index contributed by atoms with van der Waals surface area (Å²) in [7, 11) is 0. The predicted octanol–water partition coefficient (Wildman–Crippen LogP) is 3.31. The number of aromatic hydroxyl groups is 1. The Hall–Kier alpha value is -3.33. The van der Waals surface area contributed by atoms with E-state index in [2.05, 4.69) is 0 Å². The van der Waals surface area contributed by atoms with Gasteiger partial charge in [0.2, 0.25) is 0 Å². The monoisotopic (exact) mass is 472 g/mol. The van der Waals surface area contributed by atoms with Crippen LogP contribution in [0, 0.1) is 0 Å². The number of epoxide rings is 1. The summed E-state index contributed by atoms with van der Waals surface area (Å²) in [5.74, 6) is -0.885. The molecule has 3 heterocycles. The van der Waals surface area contributed by atoms with Crippen LogP contribution < -0.4 is 10.2 Å². The van der Waals surface area contributed by atoms with Gasteiger partial charge in [0.1, 0.15) is 46.5 Å². The highest BCUT2D eigenvalue weighted by molar-refractivity contribution is 5.88. The average Bonchev–Trinajstić information content (AvgIpc) is 3.39. The number of hydrogen-bond donors (Lipinski definition) is 1. The van der Waals surface area contributed by atoms with E-state index in [1.165, 1.54) is 12.1 Å². The number of esters is 2. The molecule has 9 nitrogen and oxygen atoms in total. The fourth-order valence-electron chi connectivity index (χ4n) is 3.86. The molecule has 1 N–H and O–H groups in total. The number of carbonyl (C=O) groups excluding carboxylic acids is 2. The van der Waals surface area contributed by atoms with Gasteiger partial charge in [-0.3, -0.25) is 4.79 Å². The minimum atomic E-state index is -0.992. The van der Waals surface area contributed by atoms with E-state index in [0.29, 0.717) is 16.9 Å². The Morgan fingerprint density at radius 2 is 1.94 bits per heavy atom. The number of benzene rings is 1. The smallest absolute Gasteiger partial charge is 0.341 e. The van der Waals surface area contributed by atoms with E-state index < -0.39 is 34.7 Å². The molecule has 1 aromatic heterocycles. The first kappa shape index (κ1) is 23.8. The highest BCUT2D eigenvalue weighted by Crippen LogP contribution is 2.44. The number of rotatable bonds is 5. The first-order valence-electron chi connectivity index (χ1n) is 11.1. The summed E-state index contributed by atoms with van der Waals surface area (Å²) in [4.78, 5) is 37.3. The normalized spacial score (nSPS) is 25.3. The molecular weight excluding hydrogens is 444 g/mol. The van der Waals surface area contributed by atoms with Crippen molar-refractivity contribution in [2.45, 2.75) is 78.0 Å². The third-order valence-electron chi connectivity index (χ3n) is 6.54. The summed E-state index contributed by atoms with van der Waals surface area (Å²) in [6, 6.07) is 2.69. The van der Waals surface area contributed by atoms with E-state index in [1.54, 1.807) is 47.6 Å². The Morgan fingerprint density at radius 3 is 2.56 bits per heavy atom. The molecule has 0 radical (unpaired) electrons. The quantitative estimate of drug-likeness (QED) is 0.396. The zero-order chi connectivity index (χ0) is 25.0. The van der Waals surface area contributed by atoms with Crippen LogP contribution in [-0.2, 0) is 36.8 Å². The first-order chi connectivity index (χ1) is 15.9. The minimum Gasteiger partial charge on any atom is -0.507 e. The first-order valence-corrected chi connectivity index (χ1v) is 11.1. The van der Waals surface area contributed by atoms with Crippen LogP contribution >= 0.6 is 0 Å². The summed E-state index contributed by atoms with van der Waals surface area (Å²) in [6.45, 7) is 10.1. The number of allylic oxidation sites excluding steroid dienone is 1. The lowest BCUT2D eigenvalue weighted by Crippen LogP contribution is -2.50. The molecule has 3 atom stereocenters. The molecular formula is C25H28O9. The molecule has 34 heavy (non-hydrogen) atoms. The third kappa shape index (κ3) is 4.04. The lowest BCUT2D eigenvalue weighted by Gasteiger charge is -2.39. The fourth-order valence-corrected chi connectivity index (χ4v) is 3.86. The van der Waals surface area contributed by atoms with Gasteiger partial charge in [-0.25, -0.2) is 9.59 Å². The van der Waals surface area contributed by atoms with Crippen molar-refractivity contribution in [2.75, 3.05) is 0 Å². The Bertz CT molecular complexity index is 1270. The van der Waals surface area contributed by atoms with Gasteiger partial charge in [0, 0.05) is 29.7 Å². The van der Waals surface area contributed by atoms with E-state index >= 15 is 0 Å². The van der Waals surface area contributed by atoms with Crippen molar-refractivity contribution < 1.29 is 38.1 Å². The molecule has 0 amide bonds. The van der Waals surface area contributed by atoms with Gasteiger partial charge in [-0.05, 0) is 41.5 Å². The molecule has 0 spiro atoms. The zero-order valence-corrected chi connectivity index (χ0v) is 20.0. The van der Waals surface area contributed by atoms with Gasteiger partial charge in [-0.15, -0.1) is 0 Å². The van der Waals surface area contributed by atoms with Gasteiger partial charge in [0.05, 0.1) is 6.10 Å². The van der Waals surface area contributed by atoms with Crippen LogP contribution in [-0.4, -0.2) is 40.5 Å². The van der Waals surface area contributed by atoms with E-state index in [4.69, 9.17) is 23.4 Å². The summed E-state index contributed by atoms with van der Waals surface area (Å²) in [5.41, 5.74) is -1.55. The second-order valence-corrected chi connectivity index (χ2v) is 9.37. The van der Waals surface area contributed by atoms with Gasteiger partial charge in [-0.2, -0.15) is 0 Å². The summed E-state index contributed by atoms with van der Waals surface area (Å²) in [5, 5.41) is 10.9.